The summed E-state index contributed by atoms with van der Waals surface area (Å²) in [5, 5.41) is 15.5. The highest BCUT2D eigenvalue weighted by molar-refractivity contribution is 5.47. The van der Waals surface area contributed by atoms with E-state index in [9.17, 15) is 5.11 Å². The molecule has 1 N–H and O–H groups in total. The van der Waals surface area contributed by atoms with Crippen LogP contribution in [0.1, 0.15) is 37.9 Å². The highest BCUT2D eigenvalue weighted by atomic mass is 16.5. The van der Waals surface area contributed by atoms with Crippen LogP contribution in [0.2, 0.25) is 0 Å². The van der Waals surface area contributed by atoms with Crippen molar-refractivity contribution >= 4 is 0 Å². The van der Waals surface area contributed by atoms with Gasteiger partial charge in [0, 0.05) is 25.7 Å². The molecule has 0 spiro atoms. The Balaban J connectivity index is 1.72. The maximum Gasteiger partial charge on any atom is 0.227 e. The summed E-state index contributed by atoms with van der Waals surface area (Å²) in [6, 6.07) is 18.1. The molecule has 0 bridgehead atoms. The molecule has 3 aromatic rings. The third-order valence-electron chi connectivity index (χ3n) is 6.02. The number of hydrogen-bond acceptors (Lipinski definition) is 6. The predicted molar refractivity (Wildman–Crippen MR) is 132 cm³/mol. The molecular formula is C27H35N3O4. The van der Waals surface area contributed by atoms with Crippen molar-refractivity contribution in [1.82, 2.24) is 14.7 Å². The molecule has 1 atom stereocenters. The summed E-state index contributed by atoms with van der Waals surface area (Å²) in [4.78, 5) is 2.34. The smallest absolute Gasteiger partial charge is 0.227 e. The van der Waals surface area contributed by atoms with Gasteiger partial charge in [-0.1, -0.05) is 37.3 Å². The minimum Gasteiger partial charge on any atom is -0.493 e. The molecule has 0 radical (unpaired) electrons. The van der Waals surface area contributed by atoms with E-state index in [1.807, 2.05) is 66.2 Å². The highest BCUT2D eigenvalue weighted by Crippen LogP contribution is 2.38. The van der Waals surface area contributed by atoms with Crippen LogP contribution in [0.4, 0.5) is 0 Å². The van der Waals surface area contributed by atoms with Crippen LogP contribution >= 0.6 is 0 Å². The summed E-state index contributed by atoms with van der Waals surface area (Å²) < 4.78 is 19.4. The van der Waals surface area contributed by atoms with Gasteiger partial charge in [0.15, 0.2) is 11.5 Å². The van der Waals surface area contributed by atoms with Crippen molar-refractivity contribution in [2.24, 2.45) is 0 Å². The van der Waals surface area contributed by atoms with Gasteiger partial charge in [0.2, 0.25) is 5.88 Å². The van der Waals surface area contributed by atoms with E-state index in [1.54, 1.807) is 7.11 Å². The van der Waals surface area contributed by atoms with Crippen LogP contribution in [0.25, 0.3) is 5.69 Å². The van der Waals surface area contributed by atoms with Crippen LogP contribution in [0, 0.1) is 0 Å². The van der Waals surface area contributed by atoms with Gasteiger partial charge in [-0.2, -0.15) is 5.10 Å². The lowest BCUT2D eigenvalue weighted by molar-refractivity contribution is 0.0177. The molecule has 4 rings (SSSR count). The van der Waals surface area contributed by atoms with E-state index in [-0.39, 0.29) is 0 Å². The van der Waals surface area contributed by atoms with Gasteiger partial charge in [-0.15, -0.1) is 0 Å². The van der Waals surface area contributed by atoms with Gasteiger partial charge >= 0.3 is 0 Å². The van der Waals surface area contributed by atoms with Gasteiger partial charge in [-0.3, -0.25) is 4.90 Å². The van der Waals surface area contributed by atoms with E-state index in [0.29, 0.717) is 49.7 Å². The summed E-state index contributed by atoms with van der Waals surface area (Å²) in [6.45, 7) is 6.19. The first kappa shape index (κ1) is 24.3. The summed E-state index contributed by atoms with van der Waals surface area (Å²) in [5.41, 5.74) is 2.95. The van der Waals surface area contributed by atoms with E-state index in [2.05, 4.69) is 11.8 Å². The molecule has 1 heterocycles. The number of benzene rings is 2. The topological polar surface area (TPSA) is 69.0 Å². The maximum atomic E-state index is 10.6. The fourth-order valence-electron chi connectivity index (χ4n) is 4.14. The van der Waals surface area contributed by atoms with E-state index in [0.717, 1.165) is 36.2 Å². The van der Waals surface area contributed by atoms with Crippen LogP contribution in [-0.4, -0.2) is 58.8 Å². The van der Waals surface area contributed by atoms with Gasteiger partial charge < -0.3 is 19.3 Å². The minimum atomic E-state index is -0.534. The van der Waals surface area contributed by atoms with E-state index in [4.69, 9.17) is 19.3 Å². The average Bonchev–Trinajstić information content (AvgIpc) is 3.67. The first-order chi connectivity index (χ1) is 16.6. The number of ether oxygens (including phenoxy) is 3. The van der Waals surface area contributed by atoms with Crippen LogP contribution in [0.5, 0.6) is 17.4 Å². The fourth-order valence-corrected chi connectivity index (χ4v) is 4.14. The zero-order chi connectivity index (χ0) is 23.9. The zero-order valence-electron chi connectivity index (χ0n) is 20.3. The molecule has 0 unspecified atom stereocenters. The summed E-state index contributed by atoms with van der Waals surface area (Å²) in [5.74, 6) is 1.98. The number of para-hydroxylation sites is 3. The Bertz CT molecular complexity index is 1050. The standard InChI is InChI=1S/C27H35N3O4/c1-4-24-23(18-29(20-15-16-20)17-22(31)19-33-5-2)27(30(28-24)21-11-7-6-8-12-21)34-26-14-10-9-13-25(26)32-3/h6-14,20,22,31H,4-5,15-19H2,1-3H3/t22-/m1/s1. The summed E-state index contributed by atoms with van der Waals surface area (Å²) in [6.07, 6.45) is 2.52. The van der Waals surface area contributed by atoms with E-state index < -0.39 is 6.10 Å². The molecule has 1 aromatic heterocycles. The number of aryl methyl sites for hydroxylation is 1. The Hall–Kier alpha value is -2.87. The fraction of sp³-hybridized carbons (Fsp3) is 0.444. The van der Waals surface area contributed by atoms with Gasteiger partial charge in [-0.05, 0) is 50.5 Å². The third kappa shape index (κ3) is 5.78. The summed E-state index contributed by atoms with van der Waals surface area (Å²) in [7, 11) is 1.64. The highest BCUT2D eigenvalue weighted by Gasteiger charge is 2.33. The third-order valence-corrected chi connectivity index (χ3v) is 6.02. The van der Waals surface area contributed by atoms with Crippen molar-refractivity contribution in [2.45, 2.75) is 51.8 Å². The van der Waals surface area contributed by atoms with Gasteiger partial charge in [0.25, 0.3) is 0 Å². The van der Waals surface area contributed by atoms with Crippen molar-refractivity contribution < 1.29 is 19.3 Å². The molecular weight excluding hydrogens is 430 g/mol. The van der Waals surface area contributed by atoms with Gasteiger partial charge in [-0.25, -0.2) is 4.68 Å². The lowest BCUT2D eigenvalue weighted by Gasteiger charge is -2.25. The SMILES string of the molecule is CCOC[C@H](O)CN(Cc1c(CC)nn(-c2ccccc2)c1Oc1ccccc1OC)C1CC1. The van der Waals surface area contributed by atoms with Crippen LogP contribution < -0.4 is 9.47 Å². The normalized spacial score (nSPS) is 14.4. The van der Waals surface area contributed by atoms with Crippen molar-refractivity contribution in [3.8, 4) is 23.1 Å². The zero-order valence-corrected chi connectivity index (χ0v) is 20.3. The lowest BCUT2D eigenvalue weighted by Crippen LogP contribution is -2.36. The molecule has 7 nitrogen and oxygen atoms in total. The quantitative estimate of drug-likeness (QED) is 0.398. The van der Waals surface area contributed by atoms with Crippen molar-refractivity contribution in [1.29, 1.82) is 0 Å². The largest absolute Gasteiger partial charge is 0.493 e. The molecule has 7 heteroatoms. The Morgan fingerprint density at radius 1 is 1.06 bits per heavy atom. The second-order valence-corrected chi connectivity index (χ2v) is 8.56. The van der Waals surface area contributed by atoms with Crippen molar-refractivity contribution in [3.63, 3.8) is 0 Å². The van der Waals surface area contributed by atoms with Crippen LogP contribution in [-0.2, 0) is 17.7 Å². The Labute approximate surface area is 201 Å². The van der Waals surface area contributed by atoms with Crippen LogP contribution in [0.15, 0.2) is 54.6 Å². The van der Waals surface area contributed by atoms with Crippen molar-refractivity contribution in [3.05, 3.63) is 65.9 Å². The Morgan fingerprint density at radius 2 is 1.76 bits per heavy atom. The molecule has 1 saturated carbocycles. The monoisotopic (exact) mass is 465 g/mol. The Kier molecular flexibility index (Phi) is 8.21. The van der Waals surface area contributed by atoms with Crippen molar-refractivity contribution in [2.75, 3.05) is 26.9 Å². The number of hydrogen-bond donors (Lipinski definition) is 1. The van der Waals surface area contributed by atoms with E-state index in [1.165, 1.54) is 0 Å². The average molecular weight is 466 g/mol. The molecule has 0 aliphatic heterocycles. The molecule has 34 heavy (non-hydrogen) atoms. The van der Waals surface area contributed by atoms with Gasteiger partial charge in [0.05, 0.1) is 36.8 Å². The second kappa shape index (κ2) is 11.5. The van der Waals surface area contributed by atoms with E-state index >= 15 is 0 Å². The number of nitrogens with zero attached hydrogens (tertiary/aromatic N) is 3. The number of aliphatic hydroxyl groups is 1. The molecule has 2 aromatic carbocycles. The number of methoxy groups -OCH3 is 1. The number of aliphatic hydroxyl groups excluding tert-OH is 1. The molecule has 1 fully saturated rings. The second-order valence-electron chi connectivity index (χ2n) is 8.56. The molecule has 182 valence electrons. The minimum absolute atomic E-state index is 0.341. The lowest BCUT2D eigenvalue weighted by atomic mass is 10.1. The number of rotatable bonds is 13. The van der Waals surface area contributed by atoms with Crippen LogP contribution in [0.3, 0.4) is 0 Å². The molecule has 0 saturated heterocycles. The summed E-state index contributed by atoms with van der Waals surface area (Å²) >= 11 is 0. The van der Waals surface area contributed by atoms with Gasteiger partial charge in [0.1, 0.15) is 0 Å². The molecule has 0 amide bonds. The molecule has 1 aliphatic carbocycles. The maximum absolute atomic E-state index is 10.6. The number of aromatic nitrogens is 2. The Morgan fingerprint density at radius 3 is 2.41 bits per heavy atom. The first-order valence-electron chi connectivity index (χ1n) is 12.1. The first-order valence-corrected chi connectivity index (χ1v) is 12.1. The predicted octanol–water partition coefficient (Wildman–Crippen LogP) is 4.60. The molecule has 1 aliphatic rings.